The van der Waals surface area contributed by atoms with Crippen molar-refractivity contribution < 1.29 is 9.72 Å². The third-order valence-electron chi connectivity index (χ3n) is 4.26. The van der Waals surface area contributed by atoms with Crippen LogP contribution in [-0.2, 0) is 0 Å². The molecule has 0 radical (unpaired) electrons. The predicted molar refractivity (Wildman–Crippen MR) is 115 cm³/mol. The van der Waals surface area contributed by atoms with Gasteiger partial charge < -0.3 is 4.90 Å². The molecule has 0 spiro atoms. The Bertz CT molecular complexity index is 1030. The molecule has 0 aromatic heterocycles. The highest BCUT2D eigenvalue weighted by atomic mass is 79.9. The number of carbonyl (C=O) groups excluding carboxylic acids is 1. The zero-order valence-electron chi connectivity index (χ0n) is 15.1. The second-order valence-electron chi connectivity index (χ2n) is 6.10. The SMILES string of the molecule is CN(c1ccccc1)c1ccc(/C=C/C(=O)c2ccc(Br)cc2)cc1[N+](=O)[O-]. The average Bonchev–Trinajstić information content (AvgIpc) is 2.72. The van der Waals surface area contributed by atoms with Crippen LogP contribution in [0.3, 0.4) is 0 Å². The summed E-state index contributed by atoms with van der Waals surface area (Å²) in [4.78, 5) is 25.2. The van der Waals surface area contributed by atoms with Crippen LogP contribution in [-0.4, -0.2) is 17.8 Å². The molecule has 0 unspecified atom stereocenters. The maximum Gasteiger partial charge on any atom is 0.293 e. The van der Waals surface area contributed by atoms with Crippen LogP contribution >= 0.6 is 15.9 Å². The second-order valence-corrected chi connectivity index (χ2v) is 7.02. The lowest BCUT2D eigenvalue weighted by atomic mass is 10.1. The van der Waals surface area contributed by atoms with Crippen LogP contribution in [0, 0.1) is 10.1 Å². The van der Waals surface area contributed by atoms with Crippen molar-refractivity contribution in [1.29, 1.82) is 0 Å². The van der Waals surface area contributed by atoms with Gasteiger partial charge in [-0.3, -0.25) is 14.9 Å². The first-order chi connectivity index (χ1) is 13.5. The molecule has 0 heterocycles. The summed E-state index contributed by atoms with van der Waals surface area (Å²) in [6, 6.07) is 21.4. The fourth-order valence-electron chi connectivity index (χ4n) is 2.75. The van der Waals surface area contributed by atoms with E-state index < -0.39 is 4.92 Å². The van der Waals surface area contributed by atoms with Crippen LogP contribution in [0.1, 0.15) is 15.9 Å². The van der Waals surface area contributed by atoms with E-state index in [1.165, 1.54) is 12.1 Å². The number of hydrogen-bond donors (Lipinski definition) is 0. The predicted octanol–water partition coefficient (Wildman–Crippen LogP) is 6.02. The number of hydrogen-bond acceptors (Lipinski definition) is 4. The molecule has 0 saturated carbocycles. The third kappa shape index (κ3) is 4.53. The van der Waals surface area contributed by atoms with Crippen LogP contribution in [0.4, 0.5) is 17.1 Å². The molecule has 3 aromatic rings. The standard InChI is InChI=1S/C22H17BrN2O3/c1-24(19-5-3-2-4-6-19)20-13-7-16(15-21(20)25(27)28)8-14-22(26)17-9-11-18(23)12-10-17/h2-15H,1H3/b14-8+. The number of nitrogens with zero attached hydrogens (tertiary/aromatic N) is 2. The summed E-state index contributed by atoms with van der Waals surface area (Å²) in [7, 11) is 1.78. The fraction of sp³-hybridized carbons (Fsp3) is 0.0455. The van der Waals surface area contributed by atoms with E-state index in [4.69, 9.17) is 0 Å². The molecule has 3 rings (SSSR count). The highest BCUT2D eigenvalue weighted by Crippen LogP contribution is 2.33. The Morgan fingerprint density at radius 2 is 1.71 bits per heavy atom. The molecule has 3 aromatic carbocycles. The highest BCUT2D eigenvalue weighted by molar-refractivity contribution is 9.10. The number of nitro groups is 1. The maximum atomic E-state index is 12.3. The average molecular weight is 437 g/mol. The van der Waals surface area contributed by atoms with Crippen molar-refractivity contribution in [3.05, 3.63) is 105 Å². The Morgan fingerprint density at radius 3 is 2.36 bits per heavy atom. The molecule has 0 saturated heterocycles. The van der Waals surface area contributed by atoms with Crippen molar-refractivity contribution >= 4 is 44.9 Å². The molecular formula is C22H17BrN2O3. The van der Waals surface area contributed by atoms with Crippen LogP contribution in [0.5, 0.6) is 0 Å². The molecule has 140 valence electrons. The van der Waals surface area contributed by atoms with E-state index in [9.17, 15) is 14.9 Å². The number of para-hydroxylation sites is 1. The first-order valence-electron chi connectivity index (χ1n) is 8.51. The van der Waals surface area contributed by atoms with Gasteiger partial charge in [-0.05, 0) is 54.1 Å². The fourth-order valence-corrected chi connectivity index (χ4v) is 3.01. The van der Waals surface area contributed by atoms with Crippen LogP contribution in [0.15, 0.2) is 83.3 Å². The summed E-state index contributed by atoms with van der Waals surface area (Å²) >= 11 is 3.33. The Balaban J connectivity index is 1.87. The lowest BCUT2D eigenvalue weighted by Gasteiger charge is -2.19. The van der Waals surface area contributed by atoms with Gasteiger partial charge >= 0.3 is 0 Å². The number of nitro benzene ring substituents is 1. The van der Waals surface area contributed by atoms with Gasteiger partial charge in [-0.2, -0.15) is 0 Å². The minimum absolute atomic E-state index is 0.0235. The number of ketones is 1. The van der Waals surface area contributed by atoms with Crippen LogP contribution < -0.4 is 4.90 Å². The number of carbonyl (C=O) groups is 1. The van der Waals surface area contributed by atoms with Gasteiger partial charge in [-0.1, -0.05) is 46.3 Å². The Labute approximate surface area is 171 Å². The summed E-state index contributed by atoms with van der Waals surface area (Å²) in [5, 5.41) is 11.6. The molecule has 0 aliphatic carbocycles. The van der Waals surface area contributed by atoms with Crippen molar-refractivity contribution in [2.24, 2.45) is 0 Å². The van der Waals surface area contributed by atoms with Crippen molar-refractivity contribution in [2.45, 2.75) is 0 Å². The van der Waals surface area contributed by atoms with Gasteiger partial charge in [0.25, 0.3) is 5.69 Å². The van der Waals surface area contributed by atoms with Gasteiger partial charge in [0.05, 0.1) is 4.92 Å². The number of halogens is 1. The number of anilines is 2. The summed E-state index contributed by atoms with van der Waals surface area (Å²) < 4.78 is 0.891. The third-order valence-corrected chi connectivity index (χ3v) is 4.79. The maximum absolute atomic E-state index is 12.3. The normalized spacial score (nSPS) is 10.8. The molecule has 6 heteroatoms. The molecule has 0 aliphatic rings. The lowest BCUT2D eigenvalue weighted by molar-refractivity contribution is -0.384. The monoisotopic (exact) mass is 436 g/mol. The summed E-state index contributed by atoms with van der Waals surface area (Å²) in [6.07, 6.45) is 3.01. The van der Waals surface area contributed by atoms with Crippen molar-refractivity contribution in [3.63, 3.8) is 0 Å². The molecule has 5 nitrogen and oxygen atoms in total. The van der Waals surface area contributed by atoms with E-state index in [0.717, 1.165) is 10.2 Å². The van der Waals surface area contributed by atoms with Gasteiger partial charge in [-0.15, -0.1) is 0 Å². The second kappa shape index (κ2) is 8.63. The Morgan fingerprint density at radius 1 is 1.04 bits per heavy atom. The topological polar surface area (TPSA) is 63.5 Å². The van der Waals surface area contributed by atoms with Gasteiger partial charge in [-0.25, -0.2) is 0 Å². The highest BCUT2D eigenvalue weighted by Gasteiger charge is 2.18. The lowest BCUT2D eigenvalue weighted by Crippen LogP contribution is -2.11. The summed E-state index contributed by atoms with van der Waals surface area (Å²) in [5.74, 6) is -0.166. The molecule has 0 aliphatic heterocycles. The first-order valence-corrected chi connectivity index (χ1v) is 9.30. The van der Waals surface area contributed by atoms with Crippen molar-refractivity contribution in [2.75, 3.05) is 11.9 Å². The van der Waals surface area contributed by atoms with Gasteiger partial charge in [0.1, 0.15) is 5.69 Å². The number of benzene rings is 3. The summed E-state index contributed by atoms with van der Waals surface area (Å²) in [5.41, 5.74) is 2.44. The Hall–Kier alpha value is -3.25. The van der Waals surface area contributed by atoms with Crippen molar-refractivity contribution in [1.82, 2.24) is 0 Å². The summed E-state index contributed by atoms with van der Waals surface area (Å²) in [6.45, 7) is 0. The van der Waals surface area contributed by atoms with E-state index in [1.807, 2.05) is 30.3 Å². The van der Waals surface area contributed by atoms with E-state index >= 15 is 0 Å². The minimum atomic E-state index is -0.414. The van der Waals surface area contributed by atoms with Crippen molar-refractivity contribution in [3.8, 4) is 0 Å². The minimum Gasteiger partial charge on any atom is -0.339 e. The van der Waals surface area contributed by atoms with E-state index in [2.05, 4.69) is 15.9 Å². The number of allylic oxidation sites excluding steroid dienone is 1. The molecule has 0 N–H and O–H groups in total. The van der Waals surface area contributed by atoms with Gasteiger partial charge in [0.2, 0.25) is 0 Å². The van der Waals surface area contributed by atoms with Crippen LogP contribution in [0.25, 0.3) is 6.08 Å². The smallest absolute Gasteiger partial charge is 0.293 e. The molecular weight excluding hydrogens is 420 g/mol. The Kier molecular flexibility index (Phi) is 6.01. The molecule has 0 atom stereocenters. The zero-order valence-corrected chi connectivity index (χ0v) is 16.7. The van der Waals surface area contributed by atoms with Gasteiger partial charge in [0.15, 0.2) is 5.78 Å². The largest absolute Gasteiger partial charge is 0.339 e. The zero-order chi connectivity index (χ0) is 20.1. The number of rotatable bonds is 6. The van der Waals surface area contributed by atoms with E-state index in [0.29, 0.717) is 16.8 Å². The van der Waals surface area contributed by atoms with E-state index in [-0.39, 0.29) is 11.5 Å². The van der Waals surface area contributed by atoms with Gasteiger partial charge in [0, 0.05) is 28.8 Å². The molecule has 28 heavy (non-hydrogen) atoms. The molecule has 0 amide bonds. The quantitative estimate of drug-likeness (QED) is 0.205. The first kappa shape index (κ1) is 19.5. The molecule has 0 bridgehead atoms. The van der Waals surface area contributed by atoms with E-state index in [1.54, 1.807) is 54.4 Å². The van der Waals surface area contributed by atoms with Crippen LogP contribution in [0.2, 0.25) is 0 Å². The molecule has 0 fully saturated rings.